The van der Waals surface area contributed by atoms with E-state index in [0.717, 1.165) is 19.6 Å². The molecule has 5 nitrogen and oxygen atoms in total. The van der Waals surface area contributed by atoms with E-state index in [-0.39, 0.29) is 6.04 Å². The molecule has 0 spiro atoms. The fourth-order valence-electron chi connectivity index (χ4n) is 1.53. The molecule has 1 atom stereocenters. The summed E-state index contributed by atoms with van der Waals surface area (Å²) in [6, 6.07) is 0.231. The van der Waals surface area contributed by atoms with Crippen molar-refractivity contribution in [3.63, 3.8) is 0 Å². The molecule has 0 aromatic carbocycles. The van der Waals surface area contributed by atoms with Crippen LogP contribution >= 0.6 is 0 Å². The zero-order valence-corrected chi connectivity index (χ0v) is 7.95. The lowest BCUT2D eigenvalue weighted by molar-refractivity contribution is 0.163. The zero-order chi connectivity index (χ0) is 9.26. The van der Waals surface area contributed by atoms with Gasteiger partial charge in [-0.1, -0.05) is 5.16 Å². The minimum Gasteiger partial charge on any atom is -0.338 e. The number of nitrogens with one attached hydrogen (secondary N) is 1. The van der Waals surface area contributed by atoms with E-state index in [1.165, 1.54) is 0 Å². The van der Waals surface area contributed by atoms with Crippen LogP contribution in [-0.2, 0) is 0 Å². The van der Waals surface area contributed by atoms with E-state index in [2.05, 4.69) is 27.4 Å². The monoisotopic (exact) mass is 182 g/mol. The molecule has 2 heterocycles. The molecule has 1 aliphatic rings. The van der Waals surface area contributed by atoms with Crippen molar-refractivity contribution in [1.29, 1.82) is 0 Å². The Morgan fingerprint density at radius 3 is 3.08 bits per heavy atom. The molecular weight excluding hydrogens is 168 g/mol. The van der Waals surface area contributed by atoms with Gasteiger partial charge in [-0.25, -0.2) is 0 Å². The van der Waals surface area contributed by atoms with Crippen LogP contribution in [0.4, 0.5) is 0 Å². The van der Waals surface area contributed by atoms with Crippen LogP contribution in [0, 0.1) is 6.92 Å². The van der Waals surface area contributed by atoms with Crippen LogP contribution in [-0.4, -0.2) is 41.7 Å². The number of likely N-dealkylation sites (N-methyl/N-ethyl adjacent to an activating group) is 1. The van der Waals surface area contributed by atoms with Gasteiger partial charge in [-0.3, -0.25) is 4.90 Å². The fourth-order valence-corrected chi connectivity index (χ4v) is 1.53. The van der Waals surface area contributed by atoms with Crippen molar-refractivity contribution in [3.8, 4) is 0 Å². The van der Waals surface area contributed by atoms with Crippen LogP contribution < -0.4 is 5.32 Å². The van der Waals surface area contributed by atoms with Crippen molar-refractivity contribution in [1.82, 2.24) is 20.4 Å². The van der Waals surface area contributed by atoms with Gasteiger partial charge in [0.15, 0.2) is 5.82 Å². The third-order valence-corrected chi connectivity index (χ3v) is 2.34. The molecule has 1 aromatic heterocycles. The molecule has 72 valence electrons. The summed E-state index contributed by atoms with van der Waals surface area (Å²) < 4.78 is 5.13. The molecule has 0 saturated carbocycles. The Balaban J connectivity index is 2.14. The Morgan fingerprint density at radius 2 is 2.46 bits per heavy atom. The normalized spacial score (nSPS) is 24.9. The van der Waals surface area contributed by atoms with Crippen molar-refractivity contribution in [2.75, 3.05) is 26.7 Å². The second-order valence-corrected chi connectivity index (χ2v) is 3.38. The standard InChI is InChI=1S/C8H14N4O/c1-6-10-8(13-11-6)7-5-9-3-4-12(7)2/h7,9H,3-5H2,1-2H3/t7-/m0/s1. The molecule has 1 saturated heterocycles. The van der Waals surface area contributed by atoms with Gasteiger partial charge in [-0.05, 0) is 14.0 Å². The Hall–Kier alpha value is -0.940. The maximum atomic E-state index is 5.13. The maximum Gasteiger partial charge on any atom is 0.245 e. The van der Waals surface area contributed by atoms with Crippen LogP contribution in [0.2, 0.25) is 0 Å². The molecule has 1 fully saturated rings. The van der Waals surface area contributed by atoms with Crippen molar-refractivity contribution in [2.24, 2.45) is 0 Å². The SMILES string of the molecule is Cc1noc([C@@H]2CNCCN2C)n1. The summed E-state index contributed by atoms with van der Waals surface area (Å²) in [6.45, 7) is 4.77. The first kappa shape index (κ1) is 8.65. The quantitative estimate of drug-likeness (QED) is 0.660. The summed E-state index contributed by atoms with van der Waals surface area (Å²) in [4.78, 5) is 6.45. The smallest absolute Gasteiger partial charge is 0.245 e. The van der Waals surface area contributed by atoms with Gasteiger partial charge in [0.1, 0.15) is 6.04 Å². The topological polar surface area (TPSA) is 54.2 Å². The molecule has 1 aliphatic heterocycles. The number of rotatable bonds is 1. The maximum absolute atomic E-state index is 5.13. The first-order chi connectivity index (χ1) is 6.27. The summed E-state index contributed by atoms with van der Waals surface area (Å²) >= 11 is 0. The summed E-state index contributed by atoms with van der Waals surface area (Å²) in [5.41, 5.74) is 0. The molecule has 0 bridgehead atoms. The Kier molecular flexibility index (Phi) is 2.28. The number of piperazine rings is 1. The first-order valence-corrected chi connectivity index (χ1v) is 4.48. The van der Waals surface area contributed by atoms with Crippen LogP contribution in [0.3, 0.4) is 0 Å². The molecule has 13 heavy (non-hydrogen) atoms. The van der Waals surface area contributed by atoms with Gasteiger partial charge in [0, 0.05) is 19.6 Å². The Labute approximate surface area is 77.1 Å². The molecule has 1 aromatic rings. The second-order valence-electron chi connectivity index (χ2n) is 3.38. The molecular formula is C8H14N4O. The number of aryl methyl sites for hydroxylation is 1. The van der Waals surface area contributed by atoms with Gasteiger partial charge < -0.3 is 9.84 Å². The largest absolute Gasteiger partial charge is 0.338 e. The van der Waals surface area contributed by atoms with E-state index in [4.69, 9.17) is 4.52 Å². The number of nitrogens with zero attached hydrogens (tertiary/aromatic N) is 3. The third-order valence-electron chi connectivity index (χ3n) is 2.34. The van der Waals surface area contributed by atoms with E-state index < -0.39 is 0 Å². The lowest BCUT2D eigenvalue weighted by Crippen LogP contribution is -2.43. The van der Waals surface area contributed by atoms with E-state index in [1.54, 1.807) is 0 Å². The van der Waals surface area contributed by atoms with E-state index in [0.29, 0.717) is 11.7 Å². The molecule has 0 amide bonds. The molecule has 0 aliphatic carbocycles. The Morgan fingerprint density at radius 1 is 1.62 bits per heavy atom. The Bertz CT molecular complexity index is 285. The molecule has 2 rings (SSSR count). The van der Waals surface area contributed by atoms with Crippen molar-refractivity contribution in [2.45, 2.75) is 13.0 Å². The van der Waals surface area contributed by atoms with Gasteiger partial charge in [-0.15, -0.1) is 0 Å². The van der Waals surface area contributed by atoms with Gasteiger partial charge in [-0.2, -0.15) is 4.98 Å². The van der Waals surface area contributed by atoms with Crippen LogP contribution in [0.15, 0.2) is 4.52 Å². The molecule has 0 unspecified atom stereocenters. The van der Waals surface area contributed by atoms with Crippen LogP contribution in [0.25, 0.3) is 0 Å². The fraction of sp³-hybridized carbons (Fsp3) is 0.750. The molecule has 1 N–H and O–H groups in total. The highest BCUT2D eigenvalue weighted by molar-refractivity contribution is 4.94. The summed E-state index contributed by atoms with van der Waals surface area (Å²) in [5, 5.41) is 7.09. The van der Waals surface area contributed by atoms with Crippen molar-refractivity contribution >= 4 is 0 Å². The van der Waals surface area contributed by atoms with E-state index >= 15 is 0 Å². The van der Waals surface area contributed by atoms with Gasteiger partial charge >= 0.3 is 0 Å². The van der Waals surface area contributed by atoms with Gasteiger partial charge in [0.25, 0.3) is 0 Å². The van der Waals surface area contributed by atoms with E-state index in [9.17, 15) is 0 Å². The highest BCUT2D eigenvalue weighted by atomic mass is 16.5. The van der Waals surface area contributed by atoms with E-state index in [1.807, 2.05) is 6.92 Å². The summed E-state index contributed by atoms with van der Waals surface area (Å²) in [5.74, 6) is 1.42. The van der Waals surface area contributed by atoms with Crippen molar-refractivity contribution in [3.05, 3.63) is 11.7 Å². The predicted octanol–water partition coefficient (Wildman–Crippen LogP) is -0.0459. The van der Waals surface area contributed by atoms with Crippen LogP contribution in [0.1, 0.15) is 17.8 Å². The number of hydrogen-bond donors (Lipinski definition) is 1. The zero-order valence-electron chi connectivity index (χ0n) is 7.95. The van der Waals surface area contributed by atoms with Gasteiger partial charge in [0.05, 0.1) is 0 Å². The van der Waals surface area contributed by atoms with Crippen LogP contribution in [0.5, 0.6) is 0 Å². The number of hydrogen-bond acceptors (Lipinski definition) is 5. The lowest BCUT2D eigenvalue weighted by Gasteiger charge is -2.30. The minimum absolute atomic E-state index is 0.231. The van der Waals surface area contributed by atoms with Gasteiger partial charge in [0.2, 0.25) is 5.89 Å². The minimum atomic E-state index is 0.231. The summed E-state index contributed by atoms with van der Waals surface area (Å²) in [7, 11) is 2.07. The summed E-state index contributed by atoms with van der Waals surface area (Å²) in [6.07, 6.45) is 0. The number of aromatic nitrogens is 2. The average Bonchev–Trinajstić information content (AvgIpc) is 2.53. The highest BCUT2D eigenvalue weighted by Gasteiger charge is 2.25. The third kappa shape index (κ3) is 1.71. The van der Waals surface area contributed by atoms with Crippen molar-refractivity contribution < 1.29 is 4.52 Å². The predicted molar refractivity (Wildman–Crippen MR) is 47.3 cm³/mol. The molecule has 0 radical (unpaired) electrons. The highest BCUT2D eigenvalue weighted by Crippen LogP contribution is 2.17. The lowest BCUT2D eigenvalue weighted by atomic mass is 10.2. The average molecular weight is 182 g/mol. The second kappa shape index (κ2) is 3.43. The molecule has 5 heteroatoms. The first-order valence-electron chi connectivity index (χ1n) is 4.48.